The van der Waals surface area contributed by atoms with Crippen LogP contribution in [0, 0.1) is 11.6 Å². The minimum atomic E-state index is -0.939. The molecule has 0 unspecified atom stereocenters. The van der Waals surface area contributed by atoms with Gasteiger partial charge in [0, 0.05) is 5.56 Å². The topological polar surface area (TPSA) is 35.5 Å². The van der Waals surface area contributed by atoms with Crippen LogP contribution in [-0.4, -0.2) is 20.0 Å². The highest BCUT2D eigenvalue weighted by molar-refractivity contribution is 6.33. The molecule has 110 valence electrons. The highest BCUT2D eigenvalue weighted by Gasteiger charge is 2.21. The molecule has 0 radical (unpaired) electrons. The van der Waals surface area contributed by atoms with Crippen molar-refractivity contribution in [1.82, 2.24) is 0 Å². The molecule has 0 saturated heterocycles. The number of carbonyl (C=O) groups excluding carboxylic acids is 1. The summed E-state index contributed by atoms with van der Waals surface area (Å²) in [4.78, 5) is 12.3. The minimum Gasteiger partial charge on any atom is -0.493 e. The van der Waals surface area contributed by atoms with Crippen molar-refractivity contribution in [2.75, 3.05) is 14.2 Å². The fourth-order valence-corrected chi connectivity index (χ4v) is 2.20. The first-order valence-corrected chi connectivity index (χ1v) is 6.27. The Morgan fingerprint density at radius 2 is 1.71 bits per heavy atom. The van der Waals surface area contributed by atoms with Crippen molar-refractivity contribution in [1.29, 1.82) is 0 Å². The highest BCUT2D eigenvalue weighted by atomic mass is 35.5. The van der Waals surface area contributed by atoms with E-state index in [1.165, 1.54) is 32.4 Å². The third-order valence-electron chi connectivity index (χ3n) is 2.89. The van der Waals surface area contributed by atoms with E-state index in [1.807, 2.05) is 0 Å². The van der Waals surface area contributed by atoms with Crippen molar-refractivity contribution in [2.45, 2.75) is 0 Å². The van der Waals surface area contributed by atoms with E-state index in [4.69, 9.17) is 21.1 Å². The first kappa shape index (κ1) is 15.3. The Morgan fingerprint density at radius 3 is 2.24 bits per heavy atom. The van der Waals surface area contributed by atoms with Gasteiger partial charge in [-0.15, -0.1) is 0 Å². The van der Waals surface area contributed by atoms with Crippen molar-refractivity contribution in [2.24, 2.45) is 0 Å². The van der Waals surface area contributed by atoms with E-state index in [-0.39, 0.29) is 22.1 Å². The normalized spacial score (nSPS) is 10.3. The maximum absolute atomic E-state index is 13.7. The van der Waals surface area contributed by atoms with Crippen LogP contribution in [0.3, 0.4) is 0 Å². The van der Waals surface area contributed by atoms with Crippen LogP contribution in [-0.2, 0) is 0 Å². The SMILES string of the molecule is COc1cc(C(=O)c2c(F)cccc2F)cc(Cl)c1OC. The van der Waals surface area contributed by atoms with Crippen LogP contribution in [0.15, 0.2) is 30.3 Å². The van der Waals surface area contributed by atoms with Crippen molar-refractivity contribution < 1.29 is 23.0 Å². The number of rotatable bonds is 4. The maximum Gasteiger partial charge on any atom is 0.199 e. The van der Waals surface area contributed by atoms with Gasteiger partial charge in [-0.1, -0.05) is 17.7 Å². The van der Waals surface area contributed by atoms with Crippen LogP contribution in [0.4, 0.5) is 8.78 Å². The van der Waals surface area contributed by atoms with Gasteiger partial charge in [0.15, 0.2) is 17.3 Å². The van der Waals surface area contributed by atoms with Crippen molar-refractivity contribution >= 4 is 17.4 Å². The summed E-state index contributed by atoms with van der Waals surface area (Å²) in [5, 5.41) is 0.108. The Kier molecular flexibility index (Phi) is 4.43. The Balaban J connectivity index is 2.57. The molecule has 0 aliphatic rings. The lowest BCUT2D eigenvalue weighted by atomic mass is 10.0. The molecule has 0 spiro atoms. The Bertz CT molecular complexity index is 681. The summed E-state index contributed by atoms with van der Waals surface area (Å²) in [5.74, 6) is -2.26. The molecule has 0 aromatic heterocycles. The van der Waals surface area contributed by atoms with Gasteiger partial charge in [-0.2, -0.15) is 0 Å². The van der Waals surface area contributed by atoms with Gasteiger partial charge in [-0.3, -0.25) is 4.79 Å². The molecule has 3 nitrogen and oxygen atoms in total. The zero-order valence-corrected chi connectivity index (χ0v) is 12.0. The average molecular weight is 313 g/mol. The number of hydrogen-bond acceptors (Lipinski definition) is 3. The first-order chi connectivity index (χ1) is 9.99. The standard InChI is InChI=1S/C15H11ClF2O3/c1-20-12-7-8(6-9(16)15(12)21-2)14(19)13-10(17)4-3-5-11(13)18/h3-7H,1-2H3. The Labute approximate surface area is 125 Å². The van der Waals surface area contributed by atoms with Crippen molar-refractivity contribution in [3.05, 3.63) is 58.1 Å². The Hall–Kier alpha value is -2.14. The number of carbonyl (C=O) groups is 1. The largest absolute Gasteiger partial charge is 0.493 e. The van der Waals surface area contributed by atoms with Gasteiger partial charge in [-0.25, -0.2) is 8.78 Å². The van der Waals surface area contributed by atoms with E-state index >= 15 is 0 Å². The molecular weight excluding hydrogens is 302 g/mol. The molecule has 0 atom stereocenters. The van der Waals surface area contributed by atoms with Crippen LogP contribution in [0.5, 0.6) is 11.5 Å². The third kappa shape index (κ3) is 2.83. The summed E-state index contributed by atoms with van der Waals surface area (Å²) in [6.07, 6.45) is 0. The number of hydrogen-bond donors (Lipinski definition) is 0. The smallest absolute Gasteiger partial charge is 0.199 e. The summed E-state index contributed by atoms with van der Waals surface area (Å²) >= 11 is 5.98. The first-order valence-electron chi connectivity index (χ1n) is 5.89. The molecule has 2 aromatic rings. The zero-order valence-electron chi connectivity index (χ0n) is 11.2. The molecule has 0 amide bonds. The predicted octanol–water partition coefficient (Wildman–Crippen LogP) is 3.87. The molecule has 0 saturated carbocycles. The van der Waals surface area contributed by atoms with E-state index in [2.05, 4.69) is 0 Å². The molecule has 0 bridgehead atoms. The summed E-state index contributed by atoms with van der Waals surface area (Å²) < 4.78 is 37.4. The van der Waals surface area contributed by atoms with Gasteiger partial charge in [0.1, 0.15) is 11.6 Å². The van der Waals surface area contributed by atoms with E-state index in [0.717, 1.165) is 12.1 Å². The second kappa shape index (κ2) is 6.10. The molecule has 0 aliphatic carbocycles. The van der Waals surface area contributed by atoms with E-state index in [9.17, 15) is 13.6 Å². The molecule has 0 N–H and O–H groups in total. The number of ether oxygens (including phenoxy) is 2. The van der Waals surface area contributed by atoms with Gasteiger partial charge in [0.2, 0.25) is 0 Å². The van der Waals surface area contributed by atoms with Gasteiger partial charge in [0.05, 0.1) is 24.8 Å². The quantitative estimate of drug-likeness (QED) is 0.804. The monoisotopic (exact) mass is 312 g/mol. The average Bonchev–Trinajstić information content (AvgIpc) is 2.45. The zero-order chi connectivity index (χ0) is 15.6. The van der Waals surface area contributed by atoms with Crippen LogP contribution in [0.2, 0.25) is 5.02 Å². The summed E-state index contributed by atoms with van der Waals surface area (Å²) in [6, 6.07) is 5.80. The molecule has 6 heteroatoms. The fraction of sp³-hybridized carbons (Fsp3) is 0.133. The second-order valence-electron chi connectivity index (χ2n) is 4.12. The van der Waals surface area contributed by atoms with Gasteiger partial charge < -0.3 is 9.47 Å². The lowest BCUT2D eigenvalue weighted by Gasteiger charge is -2.11. The third-order valence-corrected chi connectivity index (χ3v) is 3.17. The Morgan fingerprint density at radius 1 is 1.10 bits per heavy atom. The highest BCUT2D eigenvalue weighted by Crippen LogP contribution is 2.36. The van der Waals surface area contributed by atoms with Gasteiger partial charge >= 0.3 is 0 Å². The number of halogens is 3. The maximum atomic E-state index is 13.7. The van der Waals surface area contributed by atoms with Gasteiger partial charge in [-0.05, 0) is 24.3 Å². The lowest BCUT2D eigenvalue weighted by Crippen LogP contribution is -2.08. The van der Waals surface area contributed by atoms with Crippen molar-refractivity contribution in [3.8, 4) is 11.5 Å². The van der Waals surface area contributed by atoms with Crippen LogP contribution >= 0.6 is 11.6 Å². The van der Waals surface area contributed by atoms with Crippen LogP contribution in [0.1, 0.15) is 15.9 Å². The molecule has 2 rings (SSSR count). The van der Waals surface area contributed by atoms with Crippen LogP contribution < -0.4 is 9.47 Å². The molecule has 0 fully saturated rings. The minimum absolute atomic E-state index is 0.00153. The summed E-state index contributed by atoms with van der Waals surface area (Å²) in [6.45, 7) is 0. The molecule has 21 heavy (non-hydrogen) atoms. The summed E-state index contributed by atoms with van der Waals surface area (Å²) in [7, 11) is 2.76. The molecular formula is C15H11ClF2O3. The van der Waals surface area contributed by atoms with E-state index < -0.39 is 23.0 Å². The van der Waals surface area contributed by atoms with Gasteiger partial charge in [0.25, 0.3) is 0 Å². The van der Waals surface area contributed by atoms with Crippen LogP contribution in [0.25, 0.3) is 0 Å². The molecule has 2 aromatic carbocycles. The van der Waals surface area contributed by atoms with Crippen molar-refractivity contribution in [3.63, 3.8) is 0 Å². The number of benzene rings is 2. The van der Waals surface area contributed by atoms with E-state index in [1.54, 1.807) is 0 Å². The van der Waals surface area contributed by atoms with E-state index in [0.29, 0.717) is 0 Å². The molecule has 0 heterocycles. The number of ketones is 1. The lowest BCUT2D eigenvalue weighted by molar-refractivity contribution is 0.103. The molecule has 0 aliphatic heterocycles. The summed E-state index contributed by atoms with van der Waals surface area (Å²) in [5.41, 5.74) is -0.637. The predicted molar refractivity (Wildman–Crippen MR) is 74.3 cm³/mol. The number of methoxy groups -OCH3 is 2. The second-order valence-corrected chi connectivity index (χ2v) is 4.53. The fourth-order valence-electron chi connectivity index (χ4n) is 1.91.